The molecule has 1 N–H and O–H groups in total. The minimum absolute atomic E-state index is 0.160. The Kier molecular flexibility index (Phi) is 5.15. The van der Waals surface area contributed by atoms with Crippen LogP contribution in [0.25, 0.3) is 17.0 Å². The van der Waals surface area contributed by atoms with Crippen LogP contribution in [0.1, 0.15) is 24.0 Å². The Bertz CT molecular complexity index is 1040. The Labute approximate surface area is 163 Å². The monoisotopic (exact) mass is 371 g/mol. The van der Waals surface area contributed by atoms with Crippen LogP contribution in [0.2, 0.25) is 0 Å². The molecule has 0 bridgehead atoms. The van der Waals surface area contributed by atoms with E-state index in [0.29, 0.717) is 13.0 Å². The lowest BCUT2D eigenvalue weighted by Crippen LogP contribution is -2.23. The topological polar surface area (TPSA) is 62.3 Å². The molecule has 5 nitrogen and oxygen atoms in total. The summed E-state index contributed by atoms with van der Waals surface area (Å²) in [6.45, 7) is 1.22. The standard InChI is InChI=1S/C23H21N3O2/c27-21(13-10-19-5-1-4-18-6-2-14-24-23(18)19)25-16-17-8-11-20(12-9-17)26-15-3-7-22(26)28/h1-2,4-6,8-14H,3,7,15-16H2,(H,25,27)/b13-10+. The number of nitrogens with one attached hydrogen (secondary N) is 1. The van der Waals surface area contributed by atoms with Crippen LogP contribution in [-0.4, -0.2) is 23.3 Å². The van der Waals surface area contributed by atoms with E-state index in [2.05, 4.69) is 10.3 Å². The van der Waals surface area contributed by atoms with Gasteiger partial charge in [0.25, 0.3) is 0 Å². The van der Waals surface area contributed by atoms with Crippen LogP contribution in [0.15, 0.2) is 66.9 Å². The highest BCUT2D eigenvalue weighted by Gasteiger charge is 2.21. The van der Waals surface area contributed by atoms with Gasteiger partial charge in [-0.2, -0.15) is 0 Å². The molecular formula is C23H21N3O2. The first-order valence-corrected chi connectivity index (χ1v) is 9.40. The SMILES string of the molecule is O=C(/C=C/c1cccc2cccnc12)NCc1ccc(N2CCCC2=O)cc1. The van der Waals surface area contributed by atoms with E-state index in [9.17, 15) is 9.59 Å². The number of para-hydroxylation sites is 1. The van der Waals surface area contributed by atoms with Gasteiger partial charge in [-0.1, -0.05) is 36.4 Å². The van der Waals surface area contributed by atoms with Gasteiger partial charge in [-0.25, -0.2) is 0 Å². The average Bonchev–Trinajstić information content (AvgIpc) is 3.17. The minimum Gasteiger partial charge on any atom is -0.348 e. The molecule has 4 rings (SSSR count). The molecule has 0 atom stereocenters. The molecule has 2 aromatic carbocycles. The molecule has 28 heavy (non-hydrogen) atoms. The molecule has 0 aliphatic carbocycles. The molecule has 1 aliphatic heterocycles. The zero-order chi connectivity index (χ0) is 19.3. The molecule has 5 heteroatoms. The zero-order valence-corrected chi connectivity index (χ0v) is 15.5. The Hall–Kier alpha value is -3.47. The molecule has 1 fully saturated rings. The van der Waals surface area contributed by atoms with Gasteiger partial charge < -0.3 is 10.2 Å². The fourth-order valence-corrected chi connectivity index (χ4v) is 3.39. The molecule has 1 aromatic heterocycles. The number of carbonyl (C=O) groups excluding carboxylic acids is 2. The van der Waals surface area contributed by atoms with Crippen molar-refractivity contribution >= 4 is 34.5 Å². The number of benzene rings is 2. The third-order valence-corrected chi connectivity index (χ3v) is 4.87. The highest BCUT2D eigenvalue weighted by molar-refractivity contribution is 5.96. The summed E-state index contributed by atoms with van der Waals surface area (Å²) in [4.78, 5) is 30.2. The summed E-state index contributed by atoms with van der Waals surface area (Å²) in [5, 5.41) is 3.93. The number of nitrogens with zero attached hydrogens (tertiary/aromatic N) is 2. The summed E-state index contributed by atoms with van der Waals surface area (Å²) in [6, 6.07) is 17.5. The Morgan fingerprint density at radius 3 is 2.71 bits per heavy atom. The molecular weight excluding hydrogens is 350 g/mol. The van der Waals surface area contributed by atoms with Crippen LogP contribution in [0.4, 0.5) is 5.69 Å². The molecule has 1 aliphatic rings. The fraction of sp³-hybridized carbons (Fsp3) is 0.174. The molecule has 3 aromatic rings. The fourth-order valence-electron chi connectivity index (χ4n) is 3.39. The number of hydrogen-bond acceptors (Lipinski definition) is 3. The highest BCUT2D eigenvalue weighted by Crippen LogP contribution is 2.21. The van der Waals surface area contributed by atoms with Crippen molar-refractivity contribution in [3.63, 3.8) is 0 Å². The lowest BCUT2D eigenvalue weighted by atomic mass is 10.1. The predicted molar refractivity (Wildman–Crippen MR) is 111 cm³/mol. The molecule has 0 saturated carbocycles. The van der Waals surface area contributed by atoms with Gasteiger partial charge in [0.2, 0.25) is 11.8 Å². The van der Waals surface area contributed by atoms with E-state index in [1.165, 1.54) is 6.08 Å². The summed E-state index contributed by atoms with van der Waals surface area (Å²) in [6.07, 6.45) is 6.60. The zero-order valence-electron chi connectivity index (χ0n) is 15.5. The largest absolute Gasteiger partial charge is 0.348 e. The van der Waals surface area contributed by atoms with Gasteiger partial charge >= 0.3 is 0 Å². The van der Waals surface area contributed by atoms with Gasteiger partial charge in [0.1, 0.15) is 0 Å². The lowest BCUT2D eigenvalue weighted by Gasteiger charge is -2.15. The summed E-state index contributed by atoms with van der Waals surface area (Å²) < 4.78 is 0. The van der Waals surface area contributed by atoms with Crippen molar-refractivity contribution in [1.29, 1.82) is 0 Å². The highest BCUT2D eigenvalue weighted by atomic mass is 16.2. The van der Waals surface area contributed by atoms with E-state index >= 15 is 0 Å². The molecule has 2 heterocycles. The first-order chi connectivity index (χ1) is 13.7. The summed E-state index contributed by atoms with van der Waals surface area (Å²) in [5.41, 5.74) is 3.69. The molecule has 2 amide bonds. The maximum Gasteiger partial charge on any atom is 0.244 e. The Morgan fingerprint density at radius 2 is 1.93 bits per heavy atom. The Morgan fingerprint density at radius 1 is 1.11 bits per heavy atom. The van der Waals surface area contributed by atoms with Gasteiger partial charge in [0.15, 0.2) is 0 Å². The minimum atomic E-state index is -0.160. The van der Waals surface area contributed by atoms with Gasteiger partial charge in [0, 0.05) is 48.4 Å². The number of amides is 2. The van der Waals surface area contributed by atoms with Crippen LogP contribution in [-0.2, 0) is 16.1 Å². The Balaban J connectivity index is 1.36. The normalized spacial score (nSPS) is 14.1. The first kappa shape index (κ1) is 17.9. The van der Waals surface area contributed by atoms with Crippen LogP contribution < -0.4 is 10.2 Å². The number of anilines is 1. The van der Waals surface area contributed by atoms with Crippen LogP contribution in [0.3, 0.4) is 0 Å². The van der Waals surface area contributed by atoms with Crippen molar-refractivity contribution in [2.24, 2.45) is 0 Å². The van der Waals surface area contributed by atoms with Crippen LogP contribution in [0.5, 0.6) is 0 Å². The van der Waals surface area contributed by atoms with Crippen LogP contribution >= 0.6 is 0 Å². The second-order valence-electron chi connectivity index (χ2n) is 6.79. The molecule has 140 valence electrons. The summed E-state index contributed by atoms with van der Waals surface area (Å²) in [7, 11) is 0. The van der Waals surface area contributed by atoms with Gasteiger partial charge in [-0.15, -0.1) is 0 Å². The first-order valence-electron chi connectivity index (χ1n) is 9.40. The predicted octanol–water partition coefficient (Wildman–Crippen LogP) is 3.69. The van der Waals surface area contributed by atoms with E-state index in [1.807, 2.05) is 59.5 Å². The molecule has 1 saturated heterocycles. The maximum absolute atomic E-state index is 12.2. The third kappa shape index (κ3) is 3.93. The number of pyridine rings is 1. The van der Waals surface area contributed by atoms with E-state index in [0.717, 1.165) is 40.7 Å². The molecule has 0 unspecified atom stereocenters. The quantitative estimate of drug-likeness (QED) is 0.696. The number of carbonyl (C=O) groups is 2. The lowest BCUT2D eigenvalue weighted by molar-refractivity contribution is -0.117. The van der Waals surface area contributed by atoms with Crippen molar-refractivity contribution in [2.75, 3.05) is 11.4 Å². The van der Waals surface area contributed by atoms with Crippen molar-refractivity contribution in [2.45, 2.75) is 19.4 Å². The maximum atomic E-state index is 12.2. The van der Waals surface area contributed by atoms with Crippen molar-refractivity contribution in [3.8, 4) is 0 Å². The number of aromatic nitrogens is 1. The van der Waals surface area contributed by atoms with Crippen molar-refractivity contribution in [1.82, 2.24) is 10.3 Å². The van der Waals surface area contributed by atoms with Crippen LogP contribution in [0, 0.1) is 0 Å². The second-order valence-corrected chi connectivity index (χ2v) is 6.79. The van der Waals surface area contributed by atoms with Crippen molar-refractivity contribution < 1.29 is 9.59 Å². The number of fused-ring (bicyclic) bond motifs is 1. The summed E-state index contributed by atoms with van der Waals surface area (Å²) >= 11 is 0. The average molecular weight is 371 g/mol. The smallest absolute Gasteiger partial charge is 0.244 e. The third-order valence-electron chi connectivity index (χ3n) is 4.87. The van der Waals surface area contributed by atoms with Gasteiger partial charge in [0.05, 0.1) is 5.52 Å². The van der Waals surface area contributed by atoms with E-state index in [-0.39, 0.29) is 11.8 Å². The summed E-state index contributed by atoms with van der Waals surface area (Å²) in [5.74, 6) is 0.0147. The van der Waals surface area contributed by atoms with Gasteiger partial charge in [-0.05, 0) is 36.3 Å². The molecule has 0 spiro atoms. The number of rotatable bonds is 5. The van der Waals surface area contributed by atoms with Crippen molar-refractivity contribution in [3.05, 3.63) is 78.0 Å². The number of hydrogen-bond donors (Lipinski definition) is 1. The van der Waals surface area contributed by atoms with Gasteiger partial charge in [-0.3, -0.25) is 14.6 Å². The second kappa shape index (κ2) is 8.05. The van der Waals surface area contributed by atoms with E-state index in [1.54, 1.807) is 12.3 Å². The van der Waals surface area contributed by atoms with E-state index < -0.39 is 0 Å². The molecule has 0 radical (unpaired) electrons. The van der Waals surface area contributed by atoms with E-state index in [4.69, 9.17) is 0 Å².